The molecule has 0 amide bonds. The van der Waals surface area contributed by atoms with Gasteiger partial charge >= 0.3 is 5.97 Å². The zero-order valence-corrected chi connectivity index (χ0v) is 10.9. The zero-order valence-electron chi connectivity index (χ0n) is 10.1. The number of esters is 1. The van der Waals surface area contributed by atoms with Crippen LogP contribution in [0.2, 0.25) is 0 Å². The minimum Gasteiger partial charge on any atom is -0.466 e. The SMILES string of the molecule is CC(=O)OCCC[n+]1c(C)sc2ccccc21. The third kappa shape index (κ3) is 2.82. The van der Waals surface area contributed by atoms with Gasteiger partial charge in [0.15, 0.2) is 6.54 Å². The van der Waals surface area contributed by atoms with Crippen molar-refractivity contribution in [1.82, 2.24) is 0 Å². The summed E-state index contributed by atoms with van der Waals surface area (Å²) in [4.78, 5) is 10.7. The number of hydrogen-bond donors (Lipinski definition) is 0. The second-order valence-electron chi connectivity index (χ2n) is 3.93. The molecule has 0 unspecified atom stereocenters. The number of hydrogen-bond acceptors (Lipinski definition) is 3. The lowest BCUT2D eigenvalue weighted by atomic mass is 10.3. The first-order valence-electron chi connectivity index (χ1n) is 5.70. The number of para-hydroxylation sites is 1. The lowest BCUT2D eigenvalue weighted by Crippen LogP contribution is -2.35. The Balaban J connectivity index is 2.07. The van der Waals surface area contributed by atoms with Gasteiger partial charge in [-0.15, -0.1) is 0 Å². The fraction of sp³-hybridized carbons (Fsp3) is 0.385. The number of fused-ring (bicyclic) bond motifs is 1. The van der Waals surface area contributed by atoms with Gasteiger partial charge in [0.1, 0.15) is 4.70 Å². The van der Waals surface area contributed by atoms with Crippen LogP contribution in [-0.4, -0.2) is 12.6 Å². The molecule has 1 heterocycles. The molecule has 0 aliphatic heterocycles. The van der Waals surface area contributed by atoms with E-state index in [2.05, 4.69) is 35.8 Å². The molecule has 0 aliphatic rings. The first kappa shape index (κ1) is 12.0. The van der Waals surface area contributed by atoms with Gasteiger partial charge in [-0.1, -0.05) is 23.5 Å². The Labute approximate surface area is 105 Å². The molecular weight excluding hydrogens is 234 g/mol. The molecular formula is C13H16NO2S+. The van der Waals surface area contributed by atoms with Gasteiger partial charge in [0.2, 0.25) is 10.5 Å². The summed E-state index contributed by atoms with van der Waals surface area (Å²) >= 11 is 1.80. The summed E-state index contributed by atoms with van der Waals surface area (Å²) < 4.78 is 8.53. The van der Waals surface area contributed by atoms with Gasteiger partial charge in [-0.3, -0.25) is 4.79 Å². The van der Waals surface area contributed by atoms with E-state index in [0.717, 1.165) is 13.0 Å². The number of nitrogens with zero attached hydrogens (tertiary/aromatic N) is 1. The van der Waals surface area contributed by atoms with E-state index in [0.29, 0.717) is 6.61 Å². The van der Waals surface area contributed by atoms with Gasteiger partial charge in [0, 0.05) is 26.3 Å². The fourth-order valence-electron chi connectivity index (χ4n) is 1.87. The lowest BCUT2D eigenvalue weighted by Gasteiger charge is -1.99. The maximum atomic E-state index is 10.7. The molecule has 3 nitrogen and oxygen atoms in total. The molecule has 0 radical (unpaired) electrons. The summed E-state index contributed by atoms with van der Waals surface area (Å²) in [7, 11) is 0. The first-order chi connectivity index (χ1) is 8.18. The number of thiazole rings is 1. The molecule has 1 aromatic heterocycles. The van der Waals surface area contributed by atoms with Crippen LogP contribution in [0.15, 0.2) is 24.3 Å². The van der Waals surface area contributed by atoms with E-state index in [1.165, 1.54) is 22.1 Å². The van der Waals surface area contributed by atoms with Crippen molar-refractivity contribution in [1.29, 1.82) is 0 Å². The minimum atomic E-state index is -0.207. The molecule has 0 spiro atoms. The van der Waals surface area contributed by atoms with E-state index in [1.807, 2.05) is 0 Å². The van der Waals surface area contributed by atoms with Crippen molar-refractivity contribution >= 4 is 27.5 Å². The number of aryl methyl sites for hydroxylation is 2. The van der Waals surface area contributed by atoms with Gasteiger partial charge < -0.3 is 4.74 Å². The number of carbonyl (C=O) groups excluding carboxylic acids is 1. The molecule has 17 heavy (non-hydrogen) atoms. The first-order valence-corrected chi connectivity index (χ1v) is 6.51. The molecule has 90 valence electrons. The largest absolute Gasteiger partial charge is 0.466 e. The van der Waals surface area contributed by atoms with E-state index in [-0.39, 0.29) is 5.97 Å². The van der Waals surface area contributed by atoms with Crippen molar-refractivity contribution in [2.24, 2.45) is 0 Å². The Morgan fingerprint density at radius 1 is 1.41 bits per heavy atom. The maximum Gasteiger partial charge on any atom is 0.302 e. The molecule has 0 atom stereocenters. The van der Waals surface area contributed by atoms with Crippen LogP contribution in [0.3, 0.4) is 0 Å². The van der Waals surface area contributed by atoms with E-state index < -0.39 is 0 Å². The lowest BCUT2D eigenvalue weighted by molar-refractivity contribution is -0.673. The summed E-state index contributed by atoms with van der Waals surface area (Å²) in [6.45, 7) is 4.95. The summed E-state index contributed by atoms with van der Waals surface area (Å²) in [6, 6.07) is 8.37. The molecule has 0 N–H and O–H groups in total. The normalized spacial score (nSPS) is 10.7. The van der Waals surface area contributed by atoms with Crippen LogP contribution in [0.25, 0.3) is 10.2 Å². The van der Waals surface area contributed by atoms with Crippen molar-refractivity contribution in [3.8, 4) is 0 Å². The van der Waals surface area contributed by atoms with Crippen LogP contribution in [-0.2, 0) is 16.1 Å². The van der Waals surface area contributed by atoms with Gasteiger partial charge in [0.05, 0.1) is 6.61 Å². The van der Waals surface area contributed by atoms with E-state index >= 15 is 0 Å². The number of rotatable bonds is 4. The van der Waals surface area contributed by atoms with Crippen molar-refractivity contribution in [2.45, 2.75) is 26.8 Å². The Morgan fingerprint density at radius 2 is 2.18 bits per heavy atom. The van der Waals surface area contributed by atoms with Crippen molar-refractivity contribution in [3.63, 3.8) is 0 Å². The van der Waals surface area contributed by atoms with Gasteiger partial charge in [0.25, 0.3) is 0 Å². The number of benzene rings is 1. The summed E-state index contributed by atoms with van der Waals surface area (Å²) in [5, 5.41) is 1.29. The van der Waals surface area contributed by atoms with Gasteiger partial charge in [-0.25, -0.2) is 0 Å². The average molecular weight is 250 g/mol. The van der Waals surface area contributed by atoms with Crippen LogP contribution in [0.1, 0.15) is 18.4 Å². The highest BCUT2D eigenvalue weighted by Gasteiger charge is 2.15. The van der Waals surface area contributed by atoms with E-state index in [4.69, 9.17) is 4.74 Å². The Bertz CT molecular complexity index is 533. The van der Waals surface area contributed by atoms with E-state index in [1.54, 1.807) is 11.3 Å². The Morgan fingerprint density at radius 3 is 2.94 bits per heavy atom. The monoisotopic (exact) mass is 250 g/mol. The zero-order chi connectivity index (χ0) is 12.3. The molecule has 0 saturated heterocycles. The Hall–Kier alpha value is -1.42. The third-order valence-electron chi connectivity index (χ3n) is 2.63. The molecule has 0 fully saturated rings. The second-order valence-corrected chi connectivity index (χ2v) is 5.17. The quantitative estimate of drug-likeness (QED) is 0.474. The summed E-state index contributed by atoms with van der Waals surface area (Å²) in [5.41, 5.74) is 1.26. The highest BCUT2D eigenvalue weighted by atomic mass is 32.1. The molecule has 1 aromatic carbocycles. The van der Waals surface area contributed by atoms with Gasteiger partial charge in [-0.2, -0.15) is 4.57 Å². The fourth-order valence-corrected chi connectivity index (χ4v) is 2.91. The predicted molar refractivity (Wildman–Crippen MR) is 68.0 cm³/mol. The van der Waals surface area contributed by atoms with Crippen LogP contribution in [0, 0.1) is 6.92 Å². The topological polar surface area (TPSA) is 30.2 Å². The molecule has 4 heteroatoms. The molecule has 2 rings (SSSR count). The molecule has 0 saturated carbocycles. The second kappa shape index (κ2) is 5.27. The standard InChI is InChI=1S/C13H16NO2S/c1-10-14(8-5-9-16-11(2)15)12-6-3-4-7-13(12)17-10/h3-4,6-7H,5,8-9H2,1-2H3/q+1. The van der Waals surface area contributed by atoms with Crippen molar-refractivity contribution < 1.29 is 14.1 Å². The number of ether oxygens (including phenoxy) is 1. The van der Waals surface area contributed by atoms with Crippen LogP contribution >= 0.6 is 11.3 Å². The Kier molecular flexibility index (Phi) is 3.74. The average Bonchev–Trinajstić information content (AvgIpc) is 2.60. The molecule has 0 aliphatic carbocycles. The summed E-state index contributed by atoms with van der Waals surface area (Å²) in [5.74, 6) is -0.207. The predicted octanol–water partition coefficient (Wildman–Crippen LogP) is 2.45. The van der Waals surface area contributed by atoms with E-state index in [9.17, 15) is 4.79 Å². The molecule has 2 aromatic rings. The van der Waals surface area contributed by atoms with Crippen LogP contribution in [0.4, 0.5) is 0 Å². The van der Waals surface area contributed by atoms with Crippen molar-refractivity contribution in [3.05, 3.63) is 29.3 Å². The van der Waals surface area contributed by atoms with Crippen LogP contribution in [0.5, 0.6) is 0 Å². The van der Waals surface area contributed by atoms with Gasteiger partial charge in [-0.05, 0) is 6.07 Å². The smallest absolute Gasteiger partial charge is 0.302 e. The van der Waals surface area contributed by atoms with Crippen molar-refractivity contribution in [2.75, 3.05) is 6.61 Å². The summed E-state index contributed by atoms with van der Waals surface area (Å²) in [6.07, 6.45) is 0.853. The minimum absolute atomic E-state index is 0.207. The molecule has 0 bridgehead atoms. The number of aromatic nitrogens is 1. The highest BCUT2D eigenvalue weighted by molar-refractivity contribution is 7.18. The highest BCUT2D eigenvalue weighted by Crippen LogP contribution is 2.19. The van der Waals surface area contributed by atoms with Crippen LogP contribution < -0.4 is 4.57 Å². The number of carbonyl (C=O) groups is 1. The third-order valence-corrected chi connectivity index (χ3v) is 3.71. The maximum absolute atomic E-state index is 10.7.